The number of pyridine rings is 1. The highest BCUT2D eigenvalue weighted by Crippen LogP contribution is 2.32. The minimum atomic E-state index is -1.45. The van der Waals surface area contributed by atoms with E-state index in [1.807, 2.05) is 6.92 Å². The molecule has 0 amide bonds. The Bertz CT molecular complexity index is 420. The van der Waals surface area contributed by atoms with E-state index in [-0.39, 0.29) is 6.04 Å². The first-order chi connectivity index (χ1) is 9.62. The Morgan fingerprint density at radius 2 is 2.40 bits per heavy atom. The number of aromatic nitrogens is 1. The van der Waals surface area contributed by atoms with Crippen LogP contribution < -0.4 is 10.1 Å². The van der Waals surface area contributed by atoms with Gasteiger partial charge in [0.1, 0.15) is 11.4 Å². The van der Waals surface area contributed by atoms with Gasteiger partial charge in [-0.05, 0) is 19.4 Å². The zero-order valence-electron chi connectivity index (χ0n) is 12.2. The third-order valence-electron chi connectivity index (χ3n) is 3.42. The highest BCUT2D eigenvalue weighted by Gasteiger charge is 2.31. The molecule has 1 aromatic rings. The molecule has 1 aliphatic heterocycles. The van der Waals surface area contributed by atoms with E-state index < -0.39 is 5.67 Å². The number of halogens is 1. The second-order valence-electron chi connectivity index (χ2n) is 5.39. The fourth-order valence-corrected chi connectivity index (χ4v) is 2.33. The van der Waals surface area contributed by atoms with Crippen LogP contribution in [0.1, 0.15) is 32.3 Å². The Morgan fingerprint density at radius 3 is 3.10 bits per heavy atom. The number of alkyl halides is 1. The van der Waals surface area contributed by atoms with Gasteiger partial charge in [0.2, 0.25) is 0 Å². The summed E-state index contributed by atoms with van der Waals surface area (Å²) in [5.41, 5.74) is -0.893. The van der Waals surface area contributed by atoms with Gasteiger partial charge in [-0.3, -0.25) is 4.98 Å². The highest BCUT2D eigenvalue weighted by molar-refractivity contribution is 5.28. The zero-order valence-corrected chi connectivity index (χ0v) is 12.2. The van der Waals surface area contributed by atoms with Crippen molar-refractivity contribution >= 4 is 0 Å². The van der Waals surface area contributed by atoms with Crippen molar-refractivity contribution in [2.75, 3.05) is 26.4 Å². The van der Waals surface area contributed by atoms with Crippen molar-refractivity contribution in [3.63, 3.8) is 0 Å². The average Bonchev–Trinajstić information content (AvgIpc) is 2.46. The molecule has 2 rings (SSSR count). The first-order valence-corrected chi connectivity index (χ1v) is 7.20. The van der Waals surface area contributed by atoms with E-state index in [2.05, 4.69) is 10.3 Å². The Balaban J connectivity index is 2.03. The van der Waals surface area contributed by atoms with E-state index in [1.54, 1.807) is 25.4 Å². The lowest BCUT2D eigenvalue weighted by Crippen LogP contribution is -2.44. The topological polar surface area (TPSA) is 43.4 Å². The molecule has 4 nitrogen and oxygen atoms in total. The third-order valence-corrected chi connectivity index (χ3v) is 3.42. The van der Waals surface area contributed by atoms with Gasteiger partial charge in [-0.1, -0.05) is 6.92 Å². The molecule has 0 aliphatic carbocycles. The molecule has 1 saturated heterocycles. The first kappa shape index (κ1) is 15.2. The fraction of sp³-hybridized carbons (Fsp3) is 0.667. The summed E-state index contributed by atoms with van der Waals surface area (Å²) in [4.78, 5) is 4.08. The zero-order chi connectivity index (χ0) is 14.4. The van der Waals surface area contributed by atoms with Crippen molar-refractivity contribution < 1.29 is 13.9 Å². The summed E-state index contributed by atoms with van der Waals surface area (Å²) in [7, 11) is 0. The lowest BCUT2D eigenvalue weighted by Gasteiger charge is -2.30. The van der Waals surface area contributed by atoms with Crippen LogP contribution in [0.15, 0.2) is 18.5 Å². The standard InChI is InChI=1S/C15H23FN2O2/c1-3-5-20-14-7-12(9-17-10-14)15(2,16)8-13-11-19-6-4-18-13/h7,9-10,13,18H,3-6,8,11H2,1-2H3. The predicted molar refractivity (Wildman–Crippen MR) is 75.7 cm³/mol. The lowest BCUT2D eigenvalue weighted by atomic mass is 9.91. The summed E-state index contributed by atoms with van der Waals surface area (Å²) in [5, 5.41) is 3.28. The van der Waals surface area contributed by atoms with Crippen LogP contribution in [0.25, 0.3) is 0 Å². The maximum absolute atomic E-state index is 14.9. The van der Waals surface area contributed by atoms with Gasteiger partial charge in [-0.2, -0.15) is 0 Å². The third kappa shape index (κ3) is 4.15. The summed E-state index contributed by atoms with van der Waals surface area (Å²) in [5.74, 6) is 0.626. The van der Waals surface area contributed by atoms with Crippen LogP contribution >= 0.6 is 0 Å². The molecule has 2 atom stereocenters. The minimum absolute atomic E-state index is 0.0407. The van der Waals surface area contributed by atoms with Gasteiger partial charge in [-0.25, -0.2) is 4.39 Å². The summed E-state index contributed by atoms with van der Waals surface area (Å²) in [6.07, 6.45) is 4.48. The van der Waals surface area contributed by atoms with Crippen LogP contribution in [0.3, 0.4) is 0 Å². The quantitative estimate of drug-likeness (QED) is 0.870. The first-order valence-electron chi connectivity index (χ1n) is 7.20. The predicted octanol–water partition coefficient (Wildman–Crippen LogP) is 2.43. The van der Waals surface area contributed by atoms with Gasteiger partial charge in [0.15, 0.2) is 0 Å². The lowest BCUT2D eigenvalue weighted by molar-refractivity contribution is 0.0473. The van der Waals surface area contributed by atoms with Crippen molar-refractivity contribution in [2.24, 2.45) is 0 Å². The summed E-state index contributed by atoms with van der Waals surface area (Å²) in [6, 6.07) is 1.78. The van der Waals surface area contributed by atoms with Crippen molar-refractivity contribution in [1.29, 1.82) is 0 Å². The number of ether oxygens (including phenoxy) is 2. The molecule has 0 aromatic carbocycles. The van der Waals surface area contributed by atoms with Gasteiger partial charge < -0.3 is 14.8 Å². The van der Waals surface area contributed by atoms with Crippen molar-refractivity contribution in [1.82, 2.24) is 10.3 Å². The Morgan fingerprint density at radius 1 is 1.55 bits per heavy atom. The number of rotatable bonds is 6. The largest absolute Gasteiger partial charge is 0.492 e. The number of nitrogens with one attached hydrogen (secondary N) is 1. The minimum Gasteiger partial charge on any atom is -0.492 e. The normalized spacial score (nSPS) is 22.2. The molecular weight excluding hydrogens is 259 g/mol. The van der Waals surface area contributed by atoms with Crippen LogP contribution in [0.4, 0.5) is 4.39 Å². The van der Waals surface area contributed by atoms with E-state index >= 15 is 0 Å². The SMILES string of the molecule is CCCOc1cncc(C(C)(F)CC2COCCN2)c1. The van der Waals surface area contributed by atoms with E-state index in [4.69, 9.17) is 9.47 Å². The smallest absolute Gasteiger partial charge is 0.137 e. The molecule has 0 spiro atoms. The van der Waals surface area contributed by atoms with E-state index in [0.717, 1.165) is 13.0 Å². The number of nitrogens with zero attached hydrogens (tertiary/aromatic N) is 1. The molecule has 0 radical (unpaired) electrons. The second-order valence-corrected chi connectivity index (χ2v) is 5.39. The van der Waals surface area contributed by atoms with Gasteiger partial charge in [0.25, 0.3) is 0 Å². The highest BCUT2D eigenvalue weighted by atomic mass is 19.1. The van der Waals surface area contributed by atoms with Crippen molar-refractivity contribution in [2.45, 2.75) is 38.4 Å². The number of hydrogen-bond acceptors (Lipinski definition) is 4. The Kier molecular flexibility index (Phi) is 5.31. The Labute approximate surface area is 119 Å². The summed E-state index contributed by atoms with van der Waals surface area (Å²) >= 11 is 0. The molecule has 2 heterocycles. The van der Waals surface area contributed by atoms with E-state index in [9.17, 15) is 4.39 Å². The van der Waals surface area contributed by atoms with Crippen LogP contribution in [-0.2, 0) is 10.4 Å². The van der Waals surface area contributed by atoms with Crippen LogP contribution in [0.5, 0.6) is 5.75 Å². The fourth-order valence-electron chi connectivity index (χ4n) is 2.33. The molecule has 1 fully saturated rings. The second kappa shape index (κ2) is 6.99. The molecule has 1 N–H and O–H groups in total. The molecule has 1 aliphatic rings. The monoisotopic (exact) mass is 282 g/mol. The van der Waals surface area contributed by atoms with Crippen LogP contribution in [0, 0.1) is 0 Å². The average molecular weight is 282 g/mol. The van der Waals surface area contributed by atoms with Crippen LogP contribution in [-0.4, -0.2) is 37.4 Å². The molecular formula is C15H23FN2O2. The summed E-state index contributed by atoms with van der Waals surface area (Å²) < 4.78 is 25.8. The van der Waals surface area contributed by atoms with Gasteiger partial charge in [0, 0.05) is 30.8 Å². The molecule has 112 valence electrons. The van der Waals surface area contributed by atoms with Gasteiger partial charge in [0.05, 0.1) is 26.0 Å². The van der Waals surface area contributed by atoms with Gasteiger partial charge in [-0.15, -0.1) is 0 Å². The van der Waals surface area contributed by atoms with Crippen molar-refractivity contribution in [3.05, 3.63) is 24.0 Å². The molecule has 0 saturated carbocycles. The molecule has 2 unspecified atom stereocenters. The van der Waals surface area contributed by atoms with Crippen LogP contribution in [0.2, 0.25) is 0 Å². The van der Waals surface area contributed by atoms with Crippen molar-refractivity contribution in [3.8, 4) is 5.75 Å². The molecule has 1 aromatic heterocycles. The van der Waals surface area contributed by atoms with Gasteiger partial charge >= 0.3 is 0 Å². The molecule has 20 heavy (non-hydrogen) atoms. The van der Waals surface area contributed by atoms with E-state index in [0.29, 0.717) is 37.6 Å². The molecule has 5 heteroatoms. The van der Waals surface area contributed by atoms with E-state index in [1.165, 1.54) is 0 Å². The summed E-state index contributed by atoms with van der Waals surface area (Å²) in [6.45, 7) is 6.26. The Hall–Kier alpha value is -1.20. The maximum Gasteiger partial charge on any atom is 0.137 e. The number of hydrogen-bond donors (Lipinski definition) is 1. The number of morpholine rings is 1. The maximum atomic E-state index is 14.9. The molecule has 0 bridgehead atoms.